The minimum atomic E-state index is -0.796. The fourth-order valence-corrected chi connectivity index (χ4v) is 4.71. The molecule has 6 nitrogen and oxygen atoms in total. The van der Waals surface area contributed by atoms with E-state index in [0.717, 1.165) is 30.1 Å². The van der Waals surface area contributed by atoms with Crippen molar-refractivity contribution in [1.29, 1.82) is 0 Å². The molecular formula is C19H29N5O. The number of imidazole rings is 1. The van der Waals surface area contributed by atoms with Gasteiger partial charge < -0.3 is 14.6 Å². The number of nitrogens with zero attached hydrogens (tertiary/aromatic N) is 5. The first-order valence-corrected chi connectivity index (χ1v) is 9.59. The van der Waals surface area contributed by atoms with Gasteiger partial charge in [-0.05, 0) is 44.9 Å². The molecule has 0 atom stereocenters. The van der Waals surface area contributed by atoms with Crippen molar-refractivity contribution in [2.24, 2.45) is 5.41 Å². The molecule has 25 heavy (non-hydrogen) atoms. The summed E-state index contributed by atoms with van der Waals surface area (Å²) in [6.07, 6.45) is 12.8. The highest BCUT2D eigenvalue weighted by atomic mass is 16.3. The summed E-state index contributed by atoms with van der Waals surface area (Å²) in [5, 5.41) is 10.1. The second-order valence-corrected chi connectivity index (χ2v) is 8.64. The molecule has 2 aliphatic rings. The molecule has 3 heterocycles. The molecule has 1 N–H and O–H groups in total. The van der Waals surface area contributed by atoms with Gasteiger partial charge in [0, 0.05) is 13.1 Å². The first kappa shape index (κ1) is 16.8. The van der Waals surface area contributed by atoms with E-state index in [2.05, 4.69) is 19.9 Å². The maximum Gasteiger partial charge on any atom is 0.165 e. The molecule has 0 unspecified atom stereocenters. The van der Waals surface area contributed by atoms with Crippen molar-refractivity contribution in [2.75, 3.05) is 18.0 Å². The molecule has 6 heteroatoms. The minimum absolute atomic E-state index is 0.476. The van der Waals surface area contributed by atoms with E-state index in [9.17, 15) is 5.11 Å². The minimum Gasteiger partial charge on any atom is -0.389 e. The number of aliphatic hydroxyl groups is 1. The van der Waals surface area contributed by atoms with Gasteiger partial charge in [-0.3, -0.25) is 0 Å². The van der Waals surface area contributed by atoms with Crippen molar-refractivity contribution in [2.45, 2.75) is 70.9 Å². The van der Waals surface area contributed by atoms with E-state index in [-0.39, 0.29) is 0 Å². The highest BCUT2D eigenvalue weighted by Gasteiger charge is 2.37. The molecule has 1 spiro atoms. The van der Waals surface area contributed by atoms with Crippen LogP contribution in [0.3, 0.4) is 0 Å². The van der Waals surface area contributed by atoms with Crippen LogP contribution in [-0.4, -0.2) is 43.3 Å². The van der Waals surface area contributed by atoms with Crippen molar-refractivity contribution < 1.29 is 5.11 Å². The number of rotatable bonds is 3. The number of aromatic nitrogens is 4. The van der Waals surface area contributed by atoms with Gasteiger partial charge in [0.2, 0.25) is 0 Å². The Labute approximate surface area is 149 Å². The zero-order chi connectivity index (χ0) is 17.5. The summed E-state index contributed by atoms with van der Waals surface area (Å²) in [4.78, 5) is 16.1. The summed E-state index contributed by atoms with van der Waals surface area (Å²) in [6, 6.07) is 0. The highest BCUT2D eigenvalue weighted by molar-refractivity contribution is 5.83. The summed E-state index contributed by atoms with van der Waals surface area (Å²) in [7, 11) is 0. The first-order valence-electron chi connectivity index (χ1n) is 9.59. The molecule has 1 saturated heterocycles. The Bertz CT molecular complexity index is 742. The zero-order valence-corrected chi connectivity index (χ0v) is 15.4. The lowest BCUT2D eigenvalue weighted by molar-refractivity contribution is 0.0625. The number of hydrogen-bond donors (Lipinski definition) is 1. The molecule has 1 aliphatic carbocycles. The normalized spacial score (nSPS) is 21.2. The van der Waals surface area contributed by atoms with Gasteiger partial charge in [-0.15, -0.1) is 0 Å². The molecule has 2 aromatic heterocycles. The largest absolute Gasteiger partial charge is 0.389 e. The SMILES string of the molecule is CC(C)(O)Cn1cnc2c(N3CCCCC4(CCCC4)C3)ncnc21. The van der Waals surface area contributed by atoms with E-state index in [1.54, 1.807) is 26.5 Å². The Balaban J connectivity index is 1.68. The molecule has 4 rings (SSSR count). The molecule has 2 fully saturated rings. The Kier molecular flexibility index (Phi) is 4.18. The van der Waals surface area contributed by atoms with Crippen molar-refractivity contribution in [1.82, 2.24) is 19.5 Å². The van der Waals surface area contributed by atoms with Gasteiger partial charge in [-0.25, -0.2) is 15.0 Å². The van der Waals surface area contributed by atoms with E-state index in [1.807, 2.05) is 4.57 Å². The van der Waals surface area contributed by atoms with Crippen LogP contribution in [0.1, 0.15) is 58.8 Å². The van der Waals surface area contributed by atoms with Crippen LogP contribution in [0, 0.1) is 5.41 Å². The summed E-state index contributed by atoms with van der Waals surface area (Å²) >= 11 is 0. The average Bonchev–Trinajstić information content (AvgIpc) is 3.10. The summed E-state index contributed by atoms with van der Waals surface area (Å²) in [5.74, 6) is 0.965. The third-order valence-electron chi connectivity index (χ3n) is 5.81. The monoisotopic (exact) mass is 343 g/mol. The second-order valence-electron chi connectivity index (χ2n) is 8.64. The van der Waals surface area contributed by atoms with Crippen molar-refractivity contribution >= 4 is 17.0 Å². The van der Waals surface area contributed by atoms with Gasteiger partial charge in [0.1, 0.15) is 6.33 Å². The van der Waals surface area contributed by atoms with Crippen LogP contribution in [0.4, 0.5) is 5.82 Å². The van der Waals surface area contributed by atoms with Crippen molar-refractivity contribution in [3.8, 4) is 0 Å². The van der Waals surface area contributed by atoms with E-state index >= 15 is 0 Å². The lowest BCUT2D eigenvalue weighted by Crippen LogP contribution is -2.35. The average molecular weight is 343 g/mol. The molecule has 0 amide bonds. The predicted molar refractivity (Wildman–Crippen MR) is 98.6 cm³/mol. The van der Waals surface area contributed by atoms with Crippen LogP contribution in [0.5, 0.6) is 0 Å². The summed E-state index contributed by atoms with van der Waals surface area (Å²) in [6.45, 7) is 6.23. The second kappa shape index (κ2) is 6.24. The topological polar surface area (TPSA) is 67.1 Å². The maximum atomic E-state index is 10.1. The van der Waals surface area contributed by atoms with Crippen LogP contribution >= 0.6 is 0 Å². The third kappa shape index (κ3) is 3.36. The molecule has 0 radical (unpaired) electrons. The molecule has 2 aromatic rings. The molecule has 1 aliphatic heterocycles. The zero-order valence-electron chi connectivity index (χ0n) is 15.4. The van der Waals surface area contributed by atoms with E-state index in [0.29, 0.717) is 12.0 Å². The fourth-order valence-electron chi connectivity index (χ4n) is 4.71. The van der Waals surface area contributed by atoms with Gasteiger partial charge >= 0.3 is 0 Å². The Morgan fingerprint density at radius 1 is 1.08 bits per heavy atom. The lowest BCUT2D eigenvalue weighted by atomic mass is 9.81. The smallest absolute Gasteiger partial charge is 0.165 e. The molecule has 0 aromatic carbocycles. The van der Waals surface area contributed by atoms with Crippen LogP contribution in [-0.2, 0) is 6.54 Å². The highest BCUT2D eigenvalue weighted by Crippen LogP contribution is 2.45. The fraction of sp³-hybridized carbons (Fsp3) is 0.737. The van der Waals surface area contributed by atoms with Gasteiger partial charge in [-0.1, -0.05) is 19.3 Å². The first-order chi connectivity index (χ1) is 12.0. The van der Waals surface area contributed by atoms with Crippen molar-refractivity contribution in [3.05, 3.63) is 12.7 Å². The van der Waals surface area contributed by atoms with Crippen LogP contribution in [0.15, 0.2) is 12.7 Å². The van der Waals surface area contributed by atoms with Crippen LogP contribution < -0.4 is 4.90 Å². The van der Waals surface area contributed by atoms with Crippen LogP contribution in [0.2, 0.25) is 0 Å². The van der Waals surface area contributed by atoms with E-state index in [1.165, 1.54) is 44.9 Å². The molecule has 136 valence electrons. The summed E-state index contributed by atoms with van der Waals surface area (Å²) < 4.78 is 1.93. The van der Waals surface area contributed by atoms with Gasteiger partial charge in [-0.2, -0.15) is 0 Å². The Morgan fingerprint density at radius 2 is 1.80 bits per heavy atom. The van der Waals surface area contributed by atoms with Crippen molar-refractivity contribution in [3.63, 3.8) is 0 Å². The summed E-state index contributed by atoms with van der Waals surface area (Å²) in [5.41, 5.74) is 1.36. The quantitative estimate of drug-likeness (QED) is 0.927. The standard InChI is InChI=1S/C19H29N5O/c1-18(2,25)11-24-14-22-15-16(20-13-21-17(15)24)23-10-6-5-9-19(12-23)7-3-4-8-19/h13-14,25H,3-12H2,1-2H3. The number of anilines is 1. The van der Waals surface area contributed by atoms with E-state index < -0.39 is 5.60 Å². The van der Waals surface area contributed by atoms with E-state index in [4.69, 9.17) is 0 Å². The third-order valence-corrected chi connectivity index (χ3v) is 5.81. The molecule has 1 saturated carbocycles. The molecule has 0 bridgehead atoms. The van der Waals surface area contributed by atoms with Gasteiger partial charge in [0.15, 0.2) is 17.0 Å². The Hall–Kier alpha value is -1.69. The lowest BCUT2D eigenvalue weighted by Gasteiger charge is -2.33. The van der Waals surface area contributed by atoms with Gasteiger partial charge in [0.25, 0.3) is 0 Å². The van der Waals surface area contributed by atoms with Gasteiger partial charge in [0.05, 0.1) is 18.5 Å². The predicted octanol–water partition coefficient (Wildman–Crippen LogP) is 3.15. The maximum absolute atomic E-state index is 10.1. The number of hydrogen-bond acceptors (Lipinski definition) is 5. The molecular weight excluding hydrogens is 314 g/mol. The number of fused-ring (bicyclic) bond motifs is 1. The van der Waals surface area contributed by atoms with Crippen LogP contribution in [0.25, 0.3) is 11.2 Å². The Morgan fingerprint density at radius 3 is 2.52 bits per heavy atom.